The van der Waals surface area contributed by atoms with Gasteiger partial charge in [0.15, 0.2) is 0 Å². The Kier molecular flexibility index (Phi) is 4.56. The molecule has 2 rings (SSSR count). The Bertz CT molecular complexity index is 416. The van der Waals surface area contributed by atoms with Crippen molar-refractivity contribution in [3.05, 3.63) is 35.4 Å². The van der Waals surface area contributed by atoms with Crippen LogP contribution in [0.4, 0.5) is 0 Å². The molecule has 0 aliphatic carbocycles. The minimum atomic E-state index is -0.324. The second kappa shape index (κ2) is 6.17. The van der Waals surface area contributed by atoms with Gasteiger partial charge in [0.2, 0.25) is 0 Å². The molecule has 1 aliphatic rings. The Labute approximate surface area is 113 Å². The smallest absolute Gasteiger partial charge is 0.251 e. The van der Waals surface area contributed by atoms with E-state index in [-0.39, 0.29) is 18.1 Å². The fraction of sp³-hybridized carbons (Fsp3) is 0.533. The number of aliphatic hydroxyl groups excluding tert-OH is 1. The number of ether oxygens (including phenoxy) is 1. The largest absolute Gasteiger partial charge is 0.396 e. The maximum atomic E-state index is 12.3. The summed E-state index contributed by atoms with van der Waals surface area (Å²) in [7, 11) is 0. The molecular weight excluding hydrogens is 242 g/mol. The van der Waals surface area contributed by atoms with E-state index in [1.807, 2.05) is 31.2 Å². The molecule has 1 saturated heterocycles. The van der Waals surface area contributed by atoms with Gasteiger partial charge in [0.05, 0.1) is 0 Å². The lowest BCUT2D eigenvalue weighted by Crippen LogP contribution is -2.52. The molecule has 1 aliphatic heterocycles. The van der Waals surface area contributed by atoms with Crippen molar-refractivity contribution in [2.24, 2.45) is 0 Å². The Hall–Kier alpha value is -1.39. The van der Waals surface area contributed by atoms with Crippen molar-refractivity contribution in [2.75, 3.05) is 19.8 Å². The molecule has 2 N–H and O–H groups in total. The molecule has 0 atom stereocenters. The van der Waals surface area contributed by atoms with Gasteiger partial charge in [-0.15, -0.1) is 0 Å². The van der Waals surface area contributed by atoms with Crippen LogP contribution in [0.15, 0.2) is 24.3 Å². The summed E-state index contributed by atoms with van der Waals surface area (Å²) in [5, 5.41) is 12.3. The number of rotatable bonds is 4. The molecule has 0 saturated carbocycles. The highest BCUT2D eigenvalue weighted by Crippen LogP contribution is 2.24. The summed E-state index contributed by atoms with van der Waals surface area (Å²) in [6.45, 7) is 3.34. The molecule has 19 heavy (non-hydrogen) atoms. The zero-order valence-corrected chi connectivity index (χ0v) is 11.3. The lowest BCUT2D eigenvalue weighted by atomic mass is 9.86. The lowest BCUT2D eigenvalue weighted by Gasteiger charge is -2.37. The normalized spacial score (nSPS) is 18.0. The first-order valence-electron chi connectivity index (χ1n) is 6.73. The summed E-state index contributed by atoms with van der Waals surface area (Å²) in [4.78, 5) is 12.3. The predicted octanol–water partition coefficient (Wildman–Crippen LogP) is 1.66. The topological polar surface area (TPSA) is 58.6 Å². The third-order valence-electron chi connectivity index (χ3n) is 3.73. The Morgan fingerprint density at radius 3 is 2.53 bits per heavy atom. The maximum Gasteiger partial charge on any atom is 0.251 e. The van der Waals surface area contributed by atoms with Gasteiger partial charge in [0.1, 0.15) is 0 Å². The van der Waals surface area contributed by atoms with Gasteiger partial charge in [-0.1, -0.05) is 17.7 Å². The number of benzene rings is 1. The van der Waals surface area contributed by atoms with Crippen molar-refractivity contribution < 1.29 is 14.6 Å². The average molecular weight is 263 g/mol. The maximum absolute atomic E-state index is 12.3. The highest BCUT2D eigenvalue weighted by atomic mass is 16.5. The quantitative estimate of drug-likeness (QED) is 0.868. The fourth-order valence-electron chi connectivity index (χ4n) is 2.43. The van der Waals surface area contributed by atoms with Crippen LogP contribution in [0.3, 0.4) is 0 Å². The third kappa shape index (κ3) is 3.55. The summed E-state index contributed by atoms with van der Waals surface area (Å²) in [6.07, 6.45) is 2.09. The Morgan fingerprint density at radius 1 is 1.32 bits per heavy atom. The van der Waals surface area contributed by atoms with Gasteiger partial charge in [-0.25, -0.2) is 0 Å². The van der Waals surface area contributed by atoms with Gasteiger partial charge >= 0.3 is 0 Å². The molecule has 1 aromatic rings. The molecule has 1 fully saturated rings. The second-order valence-electron chi connectivity index (χ2n) is 5.19. The van der Waals surface area contributed by atoms with Gasteiger partial charge < -0.3 is 15.2 Å². The second-order valence-corrected chi connectivity index (χ2v) is 5.19. The molecule has 1 heterocycles. The van der Waals surface area contributed by atoms with Gasteiger partial charge in [-0.3, -0.25) is 4.79 Å². The van der Waals surface area contributed by atoms with E-state index >= 15 is 0 Å². The zero-order valence-electron chi connectivity index (χ0n) is 11.3. The predicted molar refractivity (Wildman–Crippen MR) is 73.1 cm³/mol. The zero-order chi connectivity index (χ0) is 13.7. The number of carbonyl (C=O) groups is 1. The van der Waals surface area contributed by atoms with E-state index < -0.39 is 0 Å². The minimum absolute atomic E-state index is 0.0737. The number of hydrogen-bond acceptors (Lipinski definition) is 3. The Morgan fingerprint density at radius 2 is 1.95 bits per heavy atom. The van der Waals surface area contributed by atoms with Crippen molar-refractivity contribution in [1.29, 1.82) is 0 Å². The van der Waals surface area contributed by atoms with E-state index in [4.69, 9.17) is 4.74 Å². The van der Waals surface area contributed by atoms with Crippen LogP contribution in [-0.4, -0.2) is 36.4 Å². The number of aliphatic hydroxyl groups is 1. The highest BCUT2D eigenvalue weighted by molar-refractivity contribution is 5.94. The summed E-state index contributed by atoms with van der Waals surface area (Å²) in [5.41, 5.74) is 1.47. The summed E-state index contributed by atoms with van der Waals surface area (Å²) < 4.78 is 5.34. The lowest BCUT2D eigenvalue weighted by molar-refractivity contribution is 0.0267. The molecule has 4 nitrogen and oxygen atoms in total. The van der Waals surface area contributed by atoms with Crippen LogP contribution in [0.1, 0.15) is 35.2 Å². The number of aryl methyl sites for hydroxylation is 1. The van der Waals surface area contributed by atoms with E-state index in [2.05, 4.69) is 5.32 Å². The van der Waals surface area contributed by atoms with Crippen molar-refractivity contribution in [2.45, 2.75) is 31.7 Å². The number of amides is 1. The van der Waals surface area contributed by atoms with Crippen LogP contribution >= 0.6 is 0 Å². The Balaban J connectivity index is 2.08. The molecular formula is C15H21NO3. The van der Waals surface area contributed by atoms with Crippen LogP contribution in [0, 0.1) is 6.92 Å². The summed E-state index contributed by atoms with van der Waals surface area (Å²) in [5.74, 6) is -0.0737. The first-order chi connectivity index (χ1) is 9.15. The number of hydrogen-bond donors (Lipinski definition) is 2. The minimum Gasteiger partial charge on any atom is -0.396 e. The van der Waals surface area contributed by atoms with Crippen LogP contribution in [0.5, 0.6) is 0 Å². The van der Waals surface area contributed by atoms with E-state index in [1.54, 1.807) is 0 Å². The van der Waals surface area contributed by atoms with Gasteiger partial charge in [0.25, 0.3) is 5.91 Å². The van der Waals surface area contributed by atoms with E-state index in [0.29, 0.717) is 25.2 Å². The molecule has 4 heteroatoms. The molecule has 0 bridgehead atoms. The van der Waals surface area contributed by atoms with Crippen molar-refractivity contribution >= 4 is 5.91 Å². The van der Waals surface area contributed by atoms with Crippen molar-refractivity contribution in [3.8, 4) is 0 Å². The van der Waals surface area contributed by atoms with Gasteiger partial charge in [-0.05, 0) is 38.3 Å². The SMILES string of the molecule is Cc1ccc(C(=O)NC2(CCO)CCOCC2)cc1. The molecule has 0 unspecified atom stereocenters. The molecule has 104 valence electrons. The van der Waals surface area contributed by atoms with E-state index in [9.17, 15) is 9.90 Å². The molecule has 1 amide bonds. The van der Waals surface area contributed by atoms with E-state index in [0.717, 1.165) is 18.4 Å². The number of carbonyl (C=O) groups excluding carboxylic acids is 1. The van der Waals surface area contributed by atoms with Crippen LogP contribution in [0.25, 0.3) is 0 Å². The third-order valence-corrected chi connectivity index (χ3v) is 3.73. The molecule has 1 aromatic carbocycles. The van der Waals surface area contributed by atoms with Crippen molar-refractivity contribution in [1.82, 2.24) is 5.32 Å². The number of nitrogens with one attached hydrogen (secondary N) is 1. The molecule has 0 aromatic heterocycles. The first kappa shape index (κ1) is 14.0. The van der Waals surface area contributed by atoms with Crippen LogP contribution in [-0.2, 0) is 4.74 Å². The van der Waals surface area contributed by atoms with Gasteiger partial charge in [0, 0.05) is 30.9 Å². The monoisotopic (exact) mass is 263 g/mol. The fourth-order valence-corrected chi connectivity index (χ4v) is 2.43. The summed E-state index contributed by atoms with van der Waals surface area (Å²) in [6, 6.07) is 7.52. The first-order valence-corrected chi connectivity index (χ1v) is 6.73. The van der Waals surface area contributed by atoms with Crippen LogP contribution < -0.4 is 5.32 Å². The van der Waals surface area contributed by atoms with Crippen molar-refractivity contribution in [3.63, 3.8) is 0 Å². The summed E-state index contributed by atoms with van der Waals surface area (Å²) >= 11 is 0. The molecule has 0 spiro atoms. The van der Waals surface area contributed by atoms with E-state index in [1.165, 1.54) is 0 Å². The average Bonchev–Trinajstić information content (AvgIpc) is 2.40. The highest BCUT2D eigenvalue weighted by Gasteiger charge is 2.33. The van der Waals surface area contributed by atoms with Crippen LogP contribution in [0.2, 0.25) is 0 Å². The molecule has 0 radical (unpaired) electrons. The van der Waals surface area contributed by atoms with Gasteiger partial charge in [-0.2, -0.15) is 0 Å². The standard InChI is InChI=1S/C15H21NO3/c1-12-2-4-13(5-3-12)14(18)16-15(6-9-17)7-10-19-11-8-15/h2-5,17H,6-11H2,1H3,(H,16,18).